The highest BCUT2D eigenvalue weighted by Gasteiger charge is 2.12. The summed E-state index contributed by atoms with van der Waals surface area (Å²) in [5.41, 5.74) is 0. The van der Waals surface area contributed by atoms with Crippen molar-refractivity contribution in [3.63, 3.8) is 0 Å². The molecule has 2 unspecified atom stereocenters. The molecule has 3 nitrogen and oxygen atoms in total. The van der Waals surface area contributed by atoms with Gasteiger partial charge in [0.05, 0.1) is 0 Å². The molecular weight excluding hydrogens is 196 g/mol. The van der Waals surface area contributed by atoms with Crippen LogP contribution in [-0.4, -0.2) is 37.0 Å². The smallest absolute Gasteiger partial charge is 0.224 e. The topological polar surface area (TPSA) is 41.1 Å². The van der Waals surface area contributed by atoms with Gasteiger partial charge in [0.2, 0.25) is 5.91 Å². The summed E-state index contributed by atoms with van der Waals surface area (Å²) in [5.74, 6) is 0.204. The lowest BCUT2D eigenvalue weighted by molar-refractivity contribution is -0.124. The summed E-state index contributed by atoms with van der Waals surface area (Å²) in [6.45, 7) is 8.54. The molecule has 0 heterocycles. The van der Waals surface area contributed by atoms with Gasteiger partial charge in [-0.25, -0.2) is 0 Å². The second-order valence-electron chi connectivity index (χ2n) is 3.50. The lowest BCUT2D eigenvalue weighted by Gasteiger charge is -2.14. The van der Waals surface area contributed by atoms with Crippen LogP contribution in [0.2, 0.25) is 0 Å². The molecule has 0 saturated heterocycles. The Balaban J connectivity index is 3.61. The molecule has 0 aromatic rings. The minimum absolute atomic E-state index is 0.0593. The summed E-state index contributed by atoms with van der Waals surface area (Å²) in [7, 11) is 0. The van der Waals surface area contributed by atoms with Gasteiger partial charge >= 0.3 is 0 Å². The fraction of sp³-hybridized carbons (Fsp3) is 0.900. The largest absolute Gasteiger partial charge is 0.355 e. The fourth-order valence-corrected chi connectivity index (χ4v) is 1.21. The molecule has 4 heteroatoms. The lowest BCUT2D eigenvalue weighted by atomic mass is 10.1. The number of rotatable bonds is 7. The molecule has 0 aliphatic carbocycles. The van der Waals surface area contributed by atoms with Crippen LogP contribution in [0.4, 0.5) is 0 Å². The van der Waals surface area contributed by atoms with E-state index in [4.69, 9.17) is 0 Å². The van der Waals surface area contributed by atoms with Crippen molar-refractivity contribution in [2.75, 3.05) is 25.9 Å². The second kappa shape index (κ2) is 8.12. The molecule has 0 aromatic carbocycles. The van der Waals surface area contributed by atoms with Crippen molar-refractivity contribution in [3.8, 4) is 0 Å². The molecule has 0 rings (SSSR count). The van der Waals surface area contributed by atoms with Crippen molar-refractivity contribution < 1.29 is 4.79 Å². The first-order valence-electron chi connectivity index (χ1n) is 5.13. The van der Waals surface area contributed by atoms with E-state index in [1.54, 1.807) is 11.8 Å². The average molecular weight is 218 g/mol. The molecule has 0 spiro atoms. The van der Waals surface area contributed by atoms with E-state index < -0.39 is 0 Å². The maximum absolute atomic E-state index is 11.5. The third-order valence-corrected chi connectivity index (χ3v) is 3.09. The van der Waals surface area contributed by atoms with Crippen molar-refractivity contribution in [1.29, 1.82) is 0 Å². The van der Waals surface area contributed by atoms with Gasteiger partial charge in [-0.2, -0.15) is 11.8 Å². The molecule has 0 aliphatic rings. The Bertz CT molecular complexity index is 164. The van der Waals surface area contributed by atoms with Crippen LogP contribution in [0.1, 0.15) is 20.8 Å². The van der Waals surface area contributed by atoms with Crippen molar-refractivity contribution in [1.82, 2.24) is 10.6 Å². The Morgan fingerprint density at radius 1 is 1.36 bits per heavy atom. The third kappa shape index (κ3) is 6.27. The van der Waals surface area contributed by atoms with Gasteiger partial charge in [0.25, 0.3) is 0 Å². The number of amides is 1. The van der Waals surface area contributed by atoms with E-state index in [1.807, 2.05) is 13.8 Å². The van der Waals surface area contributed by atoms with Gasteiger partial charge in [-0.15, -0.1) is 0 Å². The predicted molar refractivity (Wildman–Crippen MR) is 63.7 cm³/mol. The number of carbonyl (C=O) groups is 1. The van der Waals surface area contributed by atoms with Gasteiger partial charge in [-0.3, -0.25) is 4.79 Å². The van der Waals surface area contributed by atoms with Gasteiger partial charge in [-0.05, 0) is 12.8 Å². The molecule has 14 heavy (non-hydrogen) atoms. The summed E-state index contributed by atoms with van der Waals surface area (Å²) in [6.07, 6.45) is 2.05. The zero-order chi connectivity index (χ0) is 11.0. The maximum atomic E-state index is 11.5. The molecular formula is C10H22N2OS. The summed E-state index contributed by atoms with van der Waals surface area (Å²) >= 11 is 1.77. The molecule has 2 N–H and O–H groups in total. The number of carbonyl (C=O) groups excluding carboxylic acids is 1. The van der Waals surface area contributed by atoms with Crippen LogP contribution in [-0.2, 0) is 4.79 Å². The molecule has 0 aliphatic heterocycles. The molecule has 84 valence electrons. The maximum Gasteiger partial charge on any atom is 0.224 e. The quantitative estimate of drug-likeness (QED) is 0.672. The molecule has 0 bridgehead atoms. The summed E-state index contributed by atoms with van der Waals surface area (Å²) in [6, 6.07) is 0. The Labute approximate surface area is 91.4 Å². The molecule has 0 aromatic heterocycles. The van der Waals surface area contributed by atoms with E-state index in [0.717, 1.165) is 19.6 Å². The Morgan fingerprint density at radius 3 is 2.50 bits per heavy atom. The van der Waals surface area contributed by atoms with E-state index in [9.17, 15) is 4.79 Å². The van der Waals surface area contributed by atoms with E-state index in [1.165, 1.54) is 0 Å². The lowest BCUT2D eigenvalue weighted by Crippen LogP contribution is -2.37. The highest BCUT2D eigenvalue weighted by atomic mass is 32.2. The standard InChI is InChI=1S/C10H22N2OS/c1-5-11-6-8(2)10(13)12-7-9(3)14-4/h8-9,11H,5-7H2,1-4H3,(H,12,13). The Kier molecular flexibility index (Phi) is 7.99. The van der Waals surface area contributed by atoms with Crippen molar-refractivity contribution in [2.24, 2.45) is 5.92 Å². The predicted octanol–water partition coefficient (Wildman–Crippen LogP) is 1.10. The van der Waals surface area contributed by atoms with Gasteiger partial charge in [0.15, 0.2) is 0 Å². The number of nitrogens with one attached hydrogen (secondary N) is 2. The first-order valence-corrected chi connectivity index (χ1v) is 6.41. The van der Waals surface area contributed by atoms with Crippen molar-refractivity contribution >= 4 is 17.7 Å². The van der Waals surface area contributed by atoms with Crippen molar-refractivity contribution in [3.05, 3.63) is 0 Å². The SMILES string of the molecule is CCNCC(C)C(=O)NCC(C)SC. The van der Waals surface area contributed by atoms with Crippen LogP contribution in [0, 0.1) is 5.92 Å². The number of hydrogen-bond acceptors (Lipinski definition) is 3. The van der Waals surface area contributed by atoms with Crippen molar-refractivity contribution in [2.45, 2.75) is 26.0 Å². The van der Waals surface area contributed by atoms with Crippen LogP contribution >= 0.6 is 11.8 Å². The van der Waals surface area contributed by atoms with Gasteiger partial charge < -0.3 is 10.6 Å². The van der Waals surface area contributed by atoms with Crippen LogP contribution in [0.3, 0.4) is 0 Å². The highest BCUT2D eigenvalue weighted by molar-refractivity contribution is 7.99. The molecule has 1 amide bonds. The highest BCUT2D eigenvalue weighted by Crippen LogP contribution is 2.03. The van der Waals surface area contributed by atoms with E-state index >= 15 is 0 Å². The van der Waals surface area contributed by atoms with E-state index in [0.29, 0.717) is 5.25 Å². The normalized spacial score (nSPS) is 14.9. The van der Waals surface area contributed by atoms with E-state index in [2.05, 4.69) is 23.8 Å². The zero-order valence-electron chi connectivity index (χ0n) is 9.59. The second-order valence-corrected chi connectivity index (χ2v) is 4.78. The zero-order valence-corrected chi connectivity index (χ0v) is 10.4. The minimum atomic E-state index is 0.0593. The van der Waals surface area contributed by atoms with E-state index in [-0.39, 0.29) is 11.8 Å². The van der Waals surface area contributed by atoms with Crippen LogP contribution in [0.15, 0.2) is 0 Å². The molecule has 0 saturated carbocycles. The first kappa shape index (κ1) is 13.8. The van der Waals surface area contributed by atoms with Gasteiger partial charge in [-0.1, -0.05) is 20.8 Å². The van der Waals surface area contributed by atoms with Crippen LogP contribution < -0.4 is 10.6 Å². The van der Waals surface area contributed by atoms with Gasteiger partial charge in [0.1, 0.15) is 0 Å². The van der Waals surface area contributed by atoms with Crippen LogP contribution in [0.5, 0.6) is 0 Å². The number of hydrogen-bond donors (Lipinski definition) is 2. The Hall–Kier alpha value is -0.220. The summed E-state index contributed by atoms with van der Waals surface area (Å²) < 4.78 is 0. The molecule has 0 radical (unpaired) electrons. The average Bonchev–Trinajstić information content (AvgIpc) is 2.21. The molecule has 0 fully saturated rings. The monoisotopic (exact) mass is 218 g/mol. The first-order chi connectivity index (χ1) is 6.61. The third-order valence-electron chi connectivity index (χ3n) is 2.11. The molecule has 2 atom stereocenters. The summed E-state index contributed by atoms with van der Waals surface area (Å²) in [4.78, 5) is 11.5. The fourth-order valence-electron chi connectivity index (χ4n) is 0.955. The summed E-state index contributed by atoms with van der Waals surface area (Å²) in [5, 5.41) is 6.60. The minimum Gasteiger partial charge on any atom is -0.355 e. The van der Waals surface area contributed by atoms with Gasteiger partial charge in [0, 0.05) is 24.3 Å². The van der Waals surface area contributed by atoms with Crippen LogP contribution in [0.25, 0.3) is 0 Å². The Morgan fingerprint density at radius 2 is 2.00 bits per heavy atom. The number of thioether (sulfide) groups is 1.